The highest BCUT2D eigenvalue weighted by Crippen LogP contribution is 2.33. The van der Waals surface area contributed by atoms with Gasteiger partial charge >= 0.3 is 0 Å². The highest BCUT2D eigenvalue weighted by Gasteiger charge is 2.36. The SMILES string of the molecule is COc1nc2c(cc1CNC(=O)[C@H]1CC=CCC1)C(=O)N(C1CCCC1)C2. The normalized spacial score (nSPS) is 22.2. The molecule has 0 radical (unpaired) electrons. The summed E-state index contributed by atoms with van der Waals surface area (Å²) in [6, 6.07) is 2.19. The Morgan fingerprint density at radius 3 is 2.81 bits per heavy atom. The standard InChI is InChI=1S/C21H27N3O3/c1-27-20-15(12-22-19(25)14-7-3-2-4-8-14)11-17-18(23-20)13-24(21(17)26)16-9-5-6-10-16/h2-3,11,14,16H,4-10,12-13H2,1H3,(H,22,25)/t14-/m0/s1. The van der Waals surface area contributed by atoms with E-state index in [1.54, 1.807) is 7.11 Å². The average Bonchev–Trinajstić information content (AvgIpc) is 3.34. The van der Waals surface area contributed by atoms with E-state index in [-0.39, 0.29) is 17.7 Å². The van der Waals surface area contributed by atoms with E-state index in [2.05, 4.69) is 22.5 Å². The van der Waals surface area contributed by atoms with Gasteiger partial charge in [0.05, 0.1) is 24.9 Å². The summed E-state index contributed by atoms with van der Waals surface area (Å²) in [6.07, 6.45) is 11.4. The molecule has 1 atom stereocenters. The third-order valence-corrected chi connectivity index (χ3v) is 6.00. The molecule has 0 unspecified atom stereocenters. The molecule has 6 nitrogen and oxygen atoms in total. The fourth-order valence-electron chi connectivity index (χ4n) is 4.44. The van der Waals surface area contributed by atoms with Gasteiger partial charge in [0.1, 0.15) is 0 Å². The molecule has 4 rings (SSSR count). The molecule has 2 amide bonds. The largest absolute Gasteiger partial charge is 0.481 e. The van der Waals surface area contributed by atoms with Gasteiger partial charge in [0.15, 0.2) is 0 Å². The summed E-state index contributed by atoms with van der Waals surface area (Å²) in [5.74, 6) is 0.652. The van der Waals surface area contributed by atoms with Gasteiger partial charge in [-0.2, -0.15) is 0 Å². The number of nitrogens with zero attached hydrogens (tertiary/aromatic N) is 2. The predicted octanol–water partition coefficient (Wildman–Crippen LogP) is 2.96. The first kappa shape index (κ1) is 18.0. The Morgan fingerprint density at radius 2 is 2.11 bits per heavy atom. The summed E-state index contributed by atoms with van der Waals surface area (Å²) in [5.41, 5.74) is 2.21. The molecule has 0 aromatic carbocycles. The number of ether oxygens (including phenoxy) is 1. The van der Waals surface area contributed by atoms with E-state index in [4.69, 9.17) is 4.74 Å². The Balaban J connectivity index is 1.48. The van der Waals surface area contributed by atoms with Gasteiger partial charge in [0.25, 0.3) is 5.91 Å². The molecule has 2 aliphatic carbocycles. The lowest BCUT2D eigenvalue weighted by atomic mass is 9.93. The lowest BCUT2D eigenvalue weighted by Gasteiger charge is -2.22. The van der Waals surface area contributed by atoms with Crippen molar-refractivity contribution in [2.24, 2.45) is 5.92 Å². The van der Waals surface area contributed by atoms with Gasteiger partial charge in [-0.05, 0) is 38.2 Å². The van der Waals surface area contributed by atoms with Crippen LogP contribution in [0.4, 0.5) is 0 Å². The number of fused-ring (bicyclic) bond motifs is 1. The lowest BCUT2D eigenvalue weighted by molar-refractivity contribution is -0.125. The number of nitrogens with one attached hydrogen (secondary N) is 1. The number of pyridine rings is 1. The van der Waals surface area contributed by atoms with Crippen molar-refractivity contribution in [2.75, 3.05) is 7.11 Å². The van der Waals surface area contributed by atoms with Crippen LogP contribution in [0.5, 0.6) is 5.88 Å². The highest BCUT2D eigenvalue weighted by molar-refractivity contribution is 5.98. The summed E-state index contributed by atoms with van der Waals surface area (Å²) < 4.78 is 5.44. The number of carbonyl (C=O) groups is 2. The lowest BCUT2D eigenvalue weighted by Crippen LogP contribution is -2.33. The maximum absolute atomic E-state index is 12.9. The van der Waals surface area contributed by atoms with Crippen LogP contribution < -0.4 is 10.1 Å². The van der Waals surface area contributed by atoms with Crippen LogP contribution in [0, 0.1) is 5.92 Å². The number of allylic oxidation sites excluding steroid dienone is 2. The number of carbonyl (C=O) groups excluding carboxylic acids is 2. The van der Waals surface area contributed by atoms with Crippen molar-refractivity contribution in [3.63, 3.8) is 0 Å². The maximum atomic E-state index is 12.9. The van der Waals surface area contributed by atoms with E-state index < -0.39 is 0 Å². The van der Waals surface area contributed by atoms with E-state index in [1.807, 2.05) is 11.0 Å². The van der Waals surface area contributed by atoms with Gasteiger partial charge < -0.3 is 15.0 Å². The Hall–Kier alpha value is -2.37. The molecule has 0 spiro atoms. The molecule has 0 saturated heterocycles. The molecular formula is C21H27N3O3. The molecule has 1 fully saturated rings. The minimum Gasteiger partial charge on any atom is -0.481 e. The number of methoxy groups -OCH3 is 1. The van der Waals surface area contributed by atoms with Crippen LogP contribution in [0.1, 0.15) is 66.6 Å². The van der Waals surface area contributed by atoms with Crippen molar-refractivity contribution in [1.29, 1.82) is 0 Å². The zero-order valence-corrected chi connectivity index (χ0v) is 15.9. The van der Waals surface area contributed by atoms with Crippen molar-refractivity contribution in [1.82, 2.24) is 15.2 Å². The molecular weight excluding hydrogens is 342 g/mol. The first-order chi connectivity index (χ1) is 13.2. The zero-order chi connectivity index (χ0) is 18.8. The Bertz CT molecular complexity index is 768. The first-order valence-corrected chi connectivity index (χ1v) is 9.98. The van der Waals surface area contributed by atoms with Crippen LogP contribution >= 0.6 is 0 Å². The molecule has 0 bridgehead atoms. The molecule has 1 N–H and O–H groups in total. The molecule has 27 heavy (non-hydrogen) atoms. The van der Waals surface area contributed by atoms with E-state index in [0.29, 0.717) is 30.6 Å². The van der Waals surface area contributed by atoms with Crippen molar-refractivity contribution < 1.29 is 14.3 Å². The van der Waals surface area contributed by atoms with Crippen molar-refractivity contribution in [3.05, 3.63) is 35.0 Å². The smallest absolute Gasteiger partial charge is 0.256 e. The van der Waals surface area contributed by atoms with Crippen LogP contribution in [0.15, 0.2) is 18.2 Å². The average molecular weight is 369 g/mol. The van der Waals surface area contributed by atoms with Crippen molar-refractivity contribution in [3.8, 4) is 5.88 Å². The van der Waals surface area contributed by atoms with E-state index in [9.17, 15) is 9.59 Å². The summed E-state index contributed by atoms with van der Waals surface area (Å²) >= 11 is 0. The highest BCUT2D eigenvalue weighted by atomic mass is 16.5. The number of rotatable bonds is 5. The number of aromatic nitrogens is 1. The summed E-state index contributed by atoms with van der Waals surface area (Å²) in [4.78, 5) is 31.8. The summed E-state index contributed by atoms with van der Waals surface area (Å²) in [5, 5.41) is 3.00. The monoisotopic (exact) mass is 369 g/mol. The fourth-order valence-corrected chi connectivity index (χ4v) is 4.44. The maximum Gasteiger partial charge on any atom is 0.256 e. The number of hydrogen-bond donors (Lipinski definition) is 1. The number of amides is 2. The van der Waals surface area contributed by atoms with Crippen LogP contribution in [0.3, 0.4) is 0 Å². The van der Waals surface area contributed by atoms with E-state index >= 15 is 0 Å². The molecule has 1 aliphatic heterocycles. The molecule has 1 aromatic rings. The third-order valence-electron chi connectivity index (χ3n) is 6.00. The summed E-state index contributed by atoms with van der Waals surface area (Å²) in [6.45, 7) is 0.898. The second kappa shape index (κ2) is 7.71. The van der Waals surface area contributed by atoms with Crippen LogP contribution in [0.25, 0.3) is 0 Å². The second-order valence-corrected chi connectivity index (χ2v) is 7.72. The van der Waals surface area contributed by atoms with Gasteiger partial charge in [0.2, 0.25) is 11.8 Å². The minimum absolute atomic E-state index is 0.0304. The minimum atomic E-state index is 0.0304. The van der Waals surface area contributed by atoms with E-state index in [0.717, 1.165) is 43.4 Å². The second-order valence-electron chi connectivity index (χ2n) is 7.72. The quantitative estimate of drug-likeness (QED) is 0.810. The molecule has 1 saturated carbocycles. The van der Waals surface area contributed by atoms with Crippen molar-refractivity contribution in [2.45, 2.75) is 64.1 Å². The summed E-state index contributed by atoms with van der Waals surface area (Å²) in [7, 11) is 1.58. The molecule has 2 heterocycles. The van der Waals surface area contributed by atoms with Crippen LogP contribution in [-0.4, -0.2) is 34.8 Å². The number of hydrogen-bond acceptors (Lipinski definition) is 4. The third kappa shape index (κ3) is 3.57. The van der Waals surface area contributed by atoms with Gasteiger partial charge in [-0.3, -0.25) is 9.59 Å². The van der Waals surface area contributed by atoms with Crippen molar-refractivity contribution >= 4 is 11.8 Å². The predicted molar refractivity (Wildman–Crippen MR) is 101 cm³/mol. The van der Waals surface area contributed by atoms with Gasteiger partial charge in [0, 0.05) is 24.1 Å². The fraction of sp³-hybridized carbons (Fsp3) is 0.571. The Morgan fingerprint density at radius 1 is 1.30 bits per heavy atom. The van der Waals surface area contributed by atoms with Crippen LogP contribution in [0.2, 0.25) is 0 Å². The van der Waals surface area contributed by atoms with Gasteiger partial charge in [-0.25, -0.2) is 4.98 Å². The Labute approximate surface area is 160 Å². The first-order valence-electron chi connectivity index (χ1n) is 9.98. The van der Waals surface area contributed by atoms with Crippen LogP contribution in [-0.2, 0) is 17.9 Å². The van der Waals surface area contributed by atoms with E-state index in [1.165, 1.54) is 12.8 Å². The zero-order valence-electron chi connectivity index (χ0n) is 15.9. The van der Waals surface area contributed by atoms with Gasteiger partial charge in [-0.15, -0.1) is 0 Å². The van der Waals surface area contributed by atoms with Gasteiger partial charge in [-0.1, -0.05) is 25.0 Å². The molecule has 1 aromatic heterocycles. The molecule has 6 heteroatoms. The molecule has 3 aliphatic rings. The molecule has 144 valence electrons. The Kier molecular flexibility index (Phi) is 5.14. The topological polar surface area (TPSA) is 71.5 Å².